The number of unbranched alkanes of at least 4 members (excludes halogenated alkanes) is 1. The molecule has 0 fully saturated rings. The molecule has 2 heterocycles. The first-order valence-electron chi connectivity index (χ1n) is 11.6. The van der Waals surface area contributed by atoms with E-state index in [-0.39, 0.29) is 5.91 Å². The van der Waals surface area contributed by atoms with Crippen molar-refractivity contribution >= 4 is 23.0 Å². The SMILES string of the molecule is CCCCOc1ccc(-c2cc(C(=O)N/N=C/c3cnn(CC)c3C)c3ccccc3n2)cc1. The number of ether oxygens (including phenoxy) is 1. The molecule has 4 aromatic rings. The topological polar surface area (TPSA) is 81.4 Å². The van der Waals surface area contributed by atoms with Gasteiger partial charge in [-0.25, -0.2) is 10.4 Å². The van der Waals surface area contributed by atoms with Gasteiger partial charge in [-0.15, -0.1) is 0 Å². The number of aryl methyl sites for hydroxylation is 1. The van der Waals surface area contributed by atoms with Crippen molar-refractivity contribution in [1.29, 1.82) is 0 Å². The number of nitrogens with zero attached hydrogens (tertiary/aromatic N) is 4. The fourth-order valence-corrected chi connectivity index (χ4v) is 3.69. The molecule has 0 spiro atoms. The molecule has 0 radical (unpaired) electrons. The van der Waals surface area contributed by atoms with Crippen LogP contribution in [0.4, 0.5) is 0 Å². The molecule has 34 heavy (non-hydrogen) atoms. The fourth-order valence-electron chi connectivity index (χ4n) is 3.69. The number of para-hydroxylation sites is 1. The minimum atomic E-state index is -0.295. The van der Waals surface area contributed by atoms with Crippen molar-refractivity contribution in [2.75, 3.05) is 6.61 Å². The number of amides is 1. The monoisotopic (exact) mass is 455 g/mol. The van der Waals surface area contributed by atoms with Gasteiger partial charge in [0, 0.05) is 28.8 Å². The van der Waals surface area contributed by atoms with E-state index in [1.807, 2.05) is 67.1 Å². The number of pyridine rings is 1. The van der Waals surface area contributed by atoms with Crippen molar-refractivity contribution in [2.45, 2.75) is 40.2 Å². The third kappa shape index (κ3) is 5.14. The number of hydrogen-bond acceptors (Lipinski definition) is 5. The Hall–Kier alpha value is -4.00. The molecule has 0 saturated heterocycles. The number of aromatic nitrogens is 3. The minimum Gasteiger partial charge on any atom is -0.494 e. The Balaban J connectivity index is 1.59. The maximum Gasteiger partial charge on any atom is 0.272 e. The first-order valence-corrected chi connectivity index (χ1v) is 11.6. The molecule has 4 rings (SSSR count). The highest BCUT2D eigenvalue weighted by molar-refractivity contribution is 6.07. The Morgan fingerprint density at radius 2 is 1.94 bits per heavy atom. The van der Waals surface area contributed by atoms with E-state index in [9.17, 15) is 4.79 Å². The van der Waals surface area contributed by atoms with Gasteiger partial charge in [0.25, 0.3) is 5.91 Å². The molecule has 0 aliphatic rings. The van der Waals surface area contributed by atoms with Crippen LogP contribution in [0.2, 0.25) is 0 Å². The van der Waals surface area contributed by atoms with E-state index in [1.165, 1.54) is 0 Å². The summed E-state index contributed by atoms with van der Waals surface area (Å²) in [6, 6.07) is 17.2. The van der Waals surface area contributed by atoms with E-state index in [2.05, 4.69) is 22.5 Å². The van der Waals surface area contributed by atoms with Gasteiger partial charge in [-0.2, -0.15) is 10.2 Å². The molecular formula is C27H29N5O2. The lowest BCUT2D eigenvalue weighted by atomic mass is 10.0. The molecule has 2 aromatic heterocycles. The predicted molar refractivity (Wildman–Crippen MR) is 135 cm³/mol. The summed E-state index contributed by atoms with van der Waals surface area (Å²) < 4.78 is 7.64. The van der Waals surface area contributed by atoms with Gasteiger partial charge in [-0.1, -0.05) is 31.5 Å². The lowest BCUT2D eigenvalue weighted by Gasteiger charge is -2.10. The lowest BCUT2D eigenvalue weighted by molar-refractivity contribution is 0.0956. The lowest BCUT2D eigenvalue weighted by Crippen LogP contribution is -2.18. The average Bonchev–Trinajstić information content (AvgIpc) is 3.23. The van der Waals surface area contributed by atoms with Gasteiger partial charge in [-0.3, -0.25) is 9.48 Å². The molecule has 0 aliphatic heterocycles. The number of nitrogens with one attached hydrogen (secondary N) is 1. The molecule has 1 N–H and O–H groups in total. The highest BCUT2D eigenvalue weighted by Gasteiger charge is 2.14. The van der Waals surface area contributed by atoms with Crippen LogP contribution in [0.15, 0.2) is 65.9 Å². The summed E-state index contributed by atoms with van der Waals surface area (Å²) in [5.74, 6) is 0.531. The molecule has 174 valence electrons. The quantitative estimate of drug-likeness (QED) is 0.209. The zero-order chi connectivity index (χ0) is 23.9. The van der Waals surface area contributed by atoms with Crippen LogP contribution in [0.25, 0.3) is 22.2 Å². The number of hydrazone groups is 1. The largest absolute Gasteiger partial charge is 0.494 e. The van der Waals surface area contributed by atoms with E-state index in [0.29, 0.717) is 17.9 Å². The zero-order valence-electron chi connectivity index (χ0n) is 19.8. The summed E-state index contributed by atoms with van der Waals surface area (Å²) >= 11 is 0. The number of carbonyl (C=O) groups excluding carboxylic acids is 1. The standard InChI is InChI=1S/C27H29N5O2/c1-4-6-15-34-22-13-11-20(12-14-22)26-16-24(23-9-7-8-10-25(23)30-26)27(33)31-28-17-21-18-29-32(5-2)19(21)3/h7-14,16-18H,4-6,15H2,1-3H3,(H,31,33)/b28-17+. The van der Waals surface area contributed by atoms with Gasteiger partial charge >= 0.3 is 0 Å². The molecule has 7 nitrogen and oxygen atoms in total. The number of carbonyl (C=O) groups is 1. The van der Waals surface area contributed by atoms with Gasteiger partial charge in [0.2, 0.25) is 0 Å². The molecule has 1 amide bonds. The Morgan fingerprint density at radius 3 is 2.68 bits per heavy atom. The van der Waals surface area contributed by atoms with Crippen molar-refractivity contribution in [3.05, 3.63) is 77.6 Å². The summed E-state index contributed by atoms with van der Waals surface area (Å²) in [6.45, 7) is 7.62. The van der Waals surface area contributed by atoms with Crippen LogP contribution in [0.5, 0.6) is 5.75 Å². The Kier molecular flexibility index (Phi) is 7.32. The molecule has 0 aliphatic carbocycles. The highest BCUT2D eigenvalue weighted by Crippen LogP contribution is 2.26. The van der Waals surface area contributed by atoms with Crippen molar-refractivity contribution < 1.29 is 9.53 Å². The van der Waals surface area contributed by atoms with Gasteiger partial charge in [0.1, 0.15) is 5.75 Å². The van der Waals surface area contributed by atoms with Crippen molar-refractivity contribution in [3.63, 3.8) is 0 Å². The van der Waals surface area contributed by atoms with Crippen LogP contribution in [0.1, 0.15) is 48.3 Å². The zero-order valence-corrected chi connectivity index (χ0v) is 19.8. The fraction of sp³-hybridized carbons (Fsp3) is 0.259. The Morgan fingerprint density at radius 1 is 1.15 bits per heavy atom. The van der Waals surface area contributed by atoms with Gasteiger partial charge in [0.05, 0.1) is 35.8 Å². The second-order valence-electron chi connectivity index (χ2n) is 8.00. The normalized spacial score (nSPS) is 11.3. The van der Waals surface area contributed by atoms with E-state index in [1.54, 1.807) is 18.5 Å². The number of hydrogen-bond donors (Lipinski definition) is 1. The molecule has 0 bridgehead atoms. The van der Waals surface area contributed by atoms with Crippen molar-refractivity contribution in [3.8, 4) is 17.0 Å². The van der Waals surface area contributed by atoms with Crippen LogP contribution in [-0.2, 0) is 6.54 Å². The van der Waals surface area contributed by atoms with Crippen LogP contribution in [0, 0.1) is 6.92 Å². The second kappa shape index (κ2) is 10.7. The van der Waals surface area contributed by atoms with Crippen LogP contribution < -0.4 is 10.2 Å². The summed E-state index contributed by atoms with van der Waals surface area (Å²) in [4.78, 5) is 17.9. The first-order chi connectivity index (χ1) is 16.6. The van der Waals surface area contributed by atoms with Crippen LogP contribution >= 0.6 is 0 Å². The minimum absolute atomic E-state index is 0.295. The van der Waals surface area contributed by atoms with E-state index < -0.39 is 0 Å². The van der Waals surface area contributed by atoms with E-state index in [4.69, 9.17) is 9.72 Å². The number of benzene rings is 2. The maximum atomic E-state index is 13.1. The van der Waals surface area contributed by atoms with Gasteiger partial charge < -0.3 is 4.74 Å². The third-order valence-corrected chi connectivity index (χ3v) is 5.69. The summed E-state index contributed by atoms with van der Waals surface area (Å²) in [7, 11) is 0. The number of rotatable bonds is 9. The predicted octanol–water partition coefficient (Wildman–Crippen LogP) is 5.37. The van der Waals surface area contributed by atoms with Gasteiger partial charge in [0.15, 0.2) is 0 Å². The molecular weight excluding hydrogens is 426 g/mol. The molecule has 0 saturated carbocycles. The Labute approximate surface area is 199 Å². The molecule has 7 heteroatoms. The molecule has 2 aromatic carbocycles. The molecule has 0 atom stereocenters. The van der Waals surface area contributed by atoms with E-state index >= 15 is 0 Å². The highest BCUT2D eigenvalue weighted by atomic mass is 16.5. The average molecular weight is 456 g/mol. The maximum absolute atomic E-state index is 13.1. The van der Waals surface area contributed by atoms with E-state index in [0.717, 1.165) is 52.9 Å². The Bertz CT molecular complexity index is 1310. The summed E-state index contributed by atoms with van der Waals surface area (Å²) in [5, 5.41) is 9.24. The second-order valence-corrected chi connectivity index (χ2v) is 8.00. The summed E-state index contributed by atoms with van der Waals surface area (Å²) in [5.41, 5.74) is 7.41. The summed E-state index contributed by atoms with van der Waals surface area (Å²) in [6.07, 6.45) is 5.48. The van der Waals surface area contributed by atoms with Gasteiger partial charge in [-0.05, 0) is 56.7 Å². The molecule has 0 unspecified atom stereocenters. The third-order valence-electron chi connectivity index (χ3n) is 5.69. The van der Waals surface area contributed by atoms with Crippen molar-refractivity contribution in [1.82, 2.24) is 20.2 Å². The number of fused-ring (bicyclic) bond motifs is 1. The van der Waals surface area contributed by atoms with Crippen molar-refractivity contribution in [2.24, 2.45) is 5.10 Å². The van der Waals surface area contributed by atoms with Crippen LogP contribution in [0.3, 0.4) is 0 Å². The van der Waals surface area contributed by atoms with Crippen LogP contribution in [-0.4, -0.2) is 33.5 Å². The first kappa shape index (κ1) is 23.2. The smallest absolute Gasteiger partial charge is 0.272 e.